The van der Waals surface area contributed by atoms with E-state index in [1.165, 1.54) is 10.6 Å². The van der Waals surface area contributed by atoms with Gasteiger partial charge in [-0.3, -0.25) is 14.8 Å². The maximum atomic E-state index is 13.7. The number of aryl methyl sites for hydroxylation is 3. The van der Waals surface area contributed by atoms with Gasteiger partial charge in [-0.1, -0.05) is 30.3 Å². The van der Waals surface area contributed by atoms with Crippen molar-refractivity contribution in [2.24, 2.45) is 5.92 Å². The minimum absolute atomic E-state index is 0.00715. The van der Waals surface area contributed by atoms with Crippen LogP contribution in [0.5, 0.6) is 0 Å². The van der Waals surface area contributed by atoms with Gasteiger partial charge in [-0.05, 0) is 62.4 Å². The van der Waals surface area contributed by atoms with E-state index in [4.69, 9.17) is 8.83 Å². The van der Waals surface area contributed by atoms with Crippen molar-refractivity contribution in [3.63, 3.8) is 0 Å². The van der Waals surface area contributed by atoms with Crippen molar-refractivity contribution in [2.45, 2.75) is 46.1 Å². The average Bonchev–Trinajstić information content (AvgIpc) is 3.32. The van der Waals surface area contributed by atoms with Crippen LogP contribution < -0.4 is 16.4 Å². The molecule has 0 saturated carbocycles. The molecule has 0 spiro atoms. The van der Waals surface area contributed by atoms with E-state index in [-0.39, 0.29) is 29.9 Å². The number of benzene rings is 2. The number of likely N-dealkylation sites (tertiary alicyclic amines) is 1. The number of furan rings is 1. The second-order valence-corrected chi connectivity index (χ2v) is 11.8. The van der Waals surface area contributed by atoms with Gasteiger partial charge in [-0.2, -0.15) is 0 Å². The Bertz CT molecular complexity index is 2060. The largest absolute Gasteiger partial charge is 0.733 e. The zero-order valence-corrected chi connectivity index (χ0v) is 24.0. The molecule has 1 saturated heterocycles. The lowest BCUT2D eigenvalue weighted by molar-refractivity contribution is -0.133. The smallest absolute Gasteiger partial charge is 0.340 e. The molecule has 2 atom stereocenters. The zero-order valence-electron chi connectivity index (χ0n) is 24.0. The lowest BCUT2D eigenvalue weighted by Crippen LogP contribution is -2.50. The van der Waals surface area contributed by atoms with Crippen molar-refractivity contribution in [3.8, 4) is 11.1 Å². The number of fused-ring (bicyclic) bond motifs is 6. The number of carbonyl (C=O) groups is 1. The molecule has 220 valence electrons. The lowest BCUT2D eigenvalue weighted by atomic mass is 9.83. The number of pyridine rings is 1. The Balaban J connectivity index is 1.23. The number of anilines is 1. The monoisotopic (exact) mass is 580 g/mol. The summed E-state index contributed by atoms with van der Waals surface area (Å²) in [7, 11) is 0. The summed E-state index contributed by atoms with van der Waals surface area (Å²) in [5, 5.41) is 21.9. The Kier molecular flexibility index (Phi) is 6.30. The summed E-state index contributed by atoms with van der Waals surface area (Å²) in [6, 6.07) is 15.0. The van der Waals surface area contributed by atoms with Gasteiger partial charge in [0.1, 0.15) is 22.6 Å². The SMILES string of the molecule is Cc1oc2c(C)c3oc(=O)c(CC(=O)N4CC5CC(C4)c4ccc(N([O-])O)c(=O)n4C5)c(C)c3cc2c1-c1ccccc1. The Morgan fingerprint density at radius 1 is 0.977 bits per heavy atom. The Morgan fingerprint density at radius 2 is 1.72 bits per heavy atom. The van der Waals surface area contributed by atoms with E-state index >= 15 is 0 Å². The minimum atomic E-state index is -0.542. The zero-order chi connectivity index (χ0) is 30.2. The van der Waals surface area contributed by atoms with Crippen molar-refractivity contribution in [2.75, 3.05) is 18.3 Å². The molecule has 5 heterocycles. The van der Waals surface area contributed by atoms with Gasteiger partial charge in [0.05, 0.1) is 12.0 Å². The molecule has 0 aliphatic carbocycles. The van der Waals surface area contributed by atoms with Gasteiger partial charge in [-0.25, -0.2) is 4.79 Å². The molecule has 3 aromatic heterocycles. The fourth-order valence-electron chi connectivity index (χ4n) is 7.09. The van der Waals surface area contributed by atoms with Crippen molar-refractivity contribution >= 4 is 33.5 Å². The molecule has 43 heavy (non-hydrogen) atoms. The van der Waals surface area contributed by atoms with Crippen LogP contribution in [-0.4, -0.2) is 33.7 Å². The van der Waals surface area contributed by atoms with Crippen molar-refractivity contribution < 1.29 is 18.8 Å². The summed E-state index contributed by atoms with van der Waals surface area (Å²) in [6.45, 7) is 6.82. The number of amides is 1. The van der Waals surface area contributed by atoms with Gasteiger partial charge < -0.3 is 28.7 Å². The standard InChI is InChI=1S/C33H30N3O7/c1-17-23-12-25-29(21-7-5-4-6-8-21)19(3)42-31(25)18(2)30(23)43-33(39)24(17)13-28(37)34-14-20-11-22(16-34)26-9-10-27(36(40)41)32(38)35(26)15-20/h4-10,12,20,22,40H,11,13-16H2,1-3H3/q-1. The lowest BCUT2D eigenvalue weighted by Gasteiger charge is -2.43. The first-order valence-electron chi connectivity index (χ1n) is 14.3. The van der Waals surface area contributed by atoms with Crippen molar-refractivity contribution in [1.29, 1.82) is 0 Å². The maximum absolute atomic E-state index is 13.7. The predicted molar refractivity (Wildman–Crippen MR) is 161 cm³/mol. The summed E-state index contributed by atoms with van der Waals surface area (Å²) >= 11 is 0. The van der Waals surface area contributed by atoms with Gasteiger partial charge in [0.2, 0.25) is 5.91 Å². The van der Waals surface area contributed by atoms with Gasteiger partial charge in [0.25, 0.3) is 5.56 Å². The number of carbonyl (C=O) groups excluding carboxylic acids is 1. The Morgan fingerprint density at radius 3 is 2.47 bits per heavy atom. The number of aromatic nitrogens is 1. The molecular formula is C33H30N3O7-. The normalized spacial score (nSPS) is 17.8. The number of hydrogen-bond donors (Lipinski definition) is 1. The quantitative estimate of drug-likeness (QED) is 0.227. The third-order valence-corrected chi connectivity index (χ3v) is 9.17. The van der Waals surface area contributed by atoms with Crippen LogP contribution in [0.25, 0.3) is 33.1 Å². The number of piperidine rings is 1. The highest BCUT2D eigenvalue weighted by Crippen LogP contribution is 2.40. The van der Waals surface area contributed by atoms with E-state index in [1.807, 2.05) is 57.2 Å². The van der Waals surface area contributed by atoms with Crippen LogP contribution in [0.3, 0.4) is 0 Å². The second-order valence-electron chi connectivity index (χ2n) is 11.8. The van der Waals surface area contributed by atoms with Crippen LogP contribution in [0.4, 0.5) is 5.69 Å². The maximum Gasteiger partial charge on any atom is 0.340 e. The first kappa shape index (κ1) is 27.2. The van der Waals surface area contributed by atoms with E-state index in [9.17, 15) is 24.8 Å². The topological polar surface area (TPSA) is 132 Å². The summed E-state index contributed by atoms with van der Waals surface area (Å²) in [5.74, 6) is 0.503. The molecule has 2 aromatic carbocycles. The van der Waals surface area contributed by atoms with E-state index in [2.05, 4.69) is 0 Å². The van der Waals surface area contributed by atoms with Crippen LogP contribution in [0.15, 0.2) is 67.0 Å². The first-order valence-corrected chi connectivity index (χ1v) is 14.3. The van der Waals surface area contributed by atoms with Gasteiger partial charge >= 0.3 is 5.63 Å². The summed E-state index contributed by atoms with van der Waals surface area (Å²) in [5.41, 5.74) is 4.22. The summed E-state index contributed by atoms with van der Waals surface area (Å²) < 4.78 is 13.5. The fourth-order valence-corrected chi connectivity index (χ4v) is 7.09. The average molecular weight is 581 g/mol. The van der Waals surface area contributed by atoms with Gasteiger partial charge in [0, 0.05) is 53.1 Å². The highest BCUT2D eigenvalue weighted by atomic mass is 16.8. The van der Waals surface area contributed by atoms with E-state index < -0.39 is 16.4 Å². The molecule has 1 N–H and O–H groups in total. The molecule has 1 amide bonds. The van der Waals surface area contributed by atoms with Crippen LogP contribution in [0.2, 0.25) is 0 Å². The molecule has 1 fully saturated rings. The first-order chi connectivity index (χ1) is 20.6. The van der Waals surface area contributed by atoms with E-state index in [0.717, 1.165) is 45.3 Å². The second kappa shape index (κ2) is 9.96. The van der Waals surface area contributed by atoms with Crippen LogP contribution >= 0.6 is 0 Å². The summed E-state index contributed by atoms with van der Waals surface area (Å²) in [4.78, 5) is 41.5. The van der Waals surface area contributed by atoms with Gasteiger partial charge in [0.15, 0.2) is 0 Å². The van der Waals surface area contributed by atoms with E-state index in [0.29, 0.717) is 41.9 Å². The van der Waals surface area contributed by atoms with E-state index in [1.54, 1.807) is 11.0 Å². The highest BCUT2D eigenvalue weighted by molar-refractivity contribution is 6.06. The molecule has 5 aromatic rings. The third-order valence-electron chi connectivity index (χ3n) is 9.17. The Labute approximate surface area is 245 Å². The van der Waals surface area contributed by atoms with Crippen LogP contribution in [-0.2, 0) is 17.8 Å². The molecule has 2 aliphatic rings. The molecular weight excluding hydrogens is 550 g/mol. The number of hydrogen-bond acceptors (Lipinski definition) is 8. The van der Waals surface area contributed by atoms with Crippen molar-refractivity contribution in [1.82, 2.24) is 9.47 Å². The molecule has 0 radical (unpaired) electrons. The Hall–Kier alpha value is -4.67. The molecule has 2 unspecified atom stereocenters. The molecule has 10 nitrogen and oxygen atoms in total. The minimum Gasteiger partial charge on any atom is -0.733 e. The number of rotatable bonds is 4. The third kappa shape index (κ3) is 4.28. The number of nitrogens with zero attached hydrogens (tertiary/aromatic N) is 3. The van der Waals surface area contributed by atoms with Crippen LogP contribution in [0.1, 0.15) is 40.5 Å². The fraction of sp³-hybridized carbons (Fsp3) is 0.303. The predicted octanol–water partition coefficient (Wildman–Crippen LogP) is 5.17. The van der Waals surface area contributed by atoms with Gasteiger partial charge in [-0.15, -0.1) is 0 Å². The summed E-state index contributed by atoms with van der Waals surface area (Å²) in [6.07, 6.45) is 0.709. The van der Waals surface area contributed by atoms with Crippen LogP contribution in [0, 0.1) is 31.9 Å². The molecule has 2 bridgehead atoms. The van der Waals surface area contributed by atoms with Crippen molar-refractivity contribution in [3.05, 3.63) is 103 Å². The highest BCUT2D eigenvalue weighted by Gasteiger charge is 2.37. The molecule has 10 heteroatoms. The molecule has 2 aliphatic heterocycles. The molecule has 7 rings (SSSR count).